The van der Waals surface area contributed by atoms with Crippen LogP contribution in [0.3, 0.4) is 0 Å². The third kappa shape index (κ3) is 3.14. The van der Waals surface area contributed by atoms with E-state index in [1.165, 1.54) is 5.38 Å². The fourth-order valence-corrected chi connectivity index (χ4v) is 1.99. The average molecular weight is 288 g/mol. The van der Waals surface area contributed by atoms with Crippen molar-refractivity contribution < 1.29 is 19.1 Å². The summed E-state index contributed by atoms with van der Waals surface area (Å²) in [5, 5.41) is 4.08. The lowest BCUT2D eigenvalue weighted by Crippen LogP contribution is -2.23. The van der Waals surface area contributed by atoms with Crippen molar-refractivity contribution in [2.24, 2.45) is 0 Å². The van der Waals surface area contributed by atoms with Crippen LogP contribution in [-0.2, 0) is 9.59 Å². The van der Waals surface area contributed by atoms with Crippen molar-refractivity contribution in [2.75, 3.05) is 5.32 Å². The van der Waals surface area contributed by atoms with E-state index in [0.29, 0.717) is 12.2 Å². The second-order valence-corrected chi connectivity index (χ2v) is 4.31. The molecule has 1 aromatic carbocycles. The second-order valence-electron chi connectivity index (χ2n) is 3.45. The molecule has 100 valence electrons. The number of thiazole rings is 1. The van der Waals surface area contributed by atoms with Crippen molar-refractivity contribution in [2.45, 2.75) is 0 Å². The van der Waals surface area contributed by atoms with E-state index in [2.05, 4.69) is 15.1 Å². The van der Waals surface area contributed by atoms with Crippen molar-refractivity contribution >= 4 is 34.6 Å². The Morgan fingerprint density at radius 1 is 1.40 bits per heavy atom. The average Bonchev–Trinajstić information content (AvgIpc) is 2.89. The molecule has 1 N–H and O–H groups in total. The predicted octanol–water partition coefficient (Wildman–Crippen LogP) is 1.34. The number of para-hydroxylation sites is 1. The van der Waals surface area contributed by atoms with Gasteiger partial charge in [0.15, 0.2) is 10.8 Å². The lowest BCUT2D eigenvalue weighted by atomic mass is 10.3. The number of benzene rings is 1. The molecule has 0 unspecified atom stereocenters. The Morgan fingerprint density at radius 2 is 2.15 bits per heavy atom. The molecule has 0 bridgehead atoms. The van der Waals surface area contributed by atoms with Gasteiger partial charge in [-0.1, -0.05) is 18.2 Å². The first-order chi connectivity index (χ1) is 9.74. The molecule has 1 aromatic heterocycles. The number of amides is 1. The number of hydrogen-bond donors (Lipinski definition) is 1. The molecule has 1 heterocycles. The molecule has 0 fully saturated rings. The molecule has 0 aliphatic carbocycles. The maximum atomic E-state index is 11.9. The molecule has 0 saturated heterocycles. The van der Waals surface area contributed by atoms with Crippen LogP contribution in [0, 0.1) is 0 Å². The Morgan fingerprint density at radius 3 is 2.80 bits per heavy atom. The number of aromatic nitrogens is 1. The second kappa shape index (κ2) is 6.37. The molecular formula is C12H8N4O3S. The van der Waals surface area contributed by atoms with Crippen LogP contribution in [0.2, 0.25) is 0 Å². The van der Waals surface area contributed by atoms with Crippen LogP contribution in [0.15, 0.2) is 35.7 Å². The van der Waals surface area contributed by atoms with Gasteiger partial charge in [0.25, 0.3) is 0 Å². The molecule has 1 amide bonds. The van der Waals surface area contributed by atoms with Gasteiger partial charge in [0.1, 0.15) is 5.75 Å². The highest BCUT2D eigenvalue weighted by Crippen LogP contribution is 2.16. The summed E-state index contributed by atoms with van der Waals surface area (Å²) in [7, 11) is 0. The minimum Gasteiger partial charge on any atom is -0.418 e. The largest absolute Gasteiger partial charge is 0.429 e. The first-order valence-electron chi connectivity index (χ1n) is 5.40. The van der Waals surface area contributed by atoms with Crippen LogP contribution in [0.1, 0.15) is 5.69 Å². The number of carbonyl (C=O) groups excluding carboxylic acids is 2. The van der Waals surface area contributed by atoms with Gasteiger partial charge in [0.05, 0.1) is 0 Å². The number of ether oxygens (including phenoxy) is 1. The summed E-state index contributed by atoms with van der Waals surface area (Å²) in [5.74, 6) is -0.526. The van der Waals surface area contributed by atoms with Gasteiger partial charge in [-0.25, -0.2) is 9.78 Å². The number of hydrogen-bond acceptors (Lipinski definition) is 5. The van der Waals surface area contributed by atoms with E-state index in [1.807, 2.05) is 0 Å². The van der Waals surface area contributed by atoms with Gasteiger partial charge in [-0.3, -0.25) is 4.79 Å². The summed E-state index contributed by atoms with van der Waals surface area (Å²) in [6.07, 6.45) is 0.459. The van der Waals surface area contributed by atoms with Gasteiger partial charge in [0, 0.05) is 5.38 Å². The predicted molar refractivity (Wildman–Crippen MR) is 71.6 cm³/mol. The maximum absolute atomic E-state index is 11.9. The minimum atomic E-state index is -0.846. The maximum Gasteiger partial charge on any atom is 0.429 e. The van der Waals surface area contributed by atoms with Crippen LogP contribution in [0.4, 0.5) is 5.13 Å². The Hall–Kier alpha value is -2.83. The number of nitrogens with one attached hydrogen (secondary N) is 1. The molecule has 7 nitrogen and oxygen atoms in total. The van der Waals surface area contributed by atoms with Crippen molar-refractivity contribution in [1.82, 2.24) is 4.98 Å². The van der Waals surface area contributed by atoms with Gasteiger partial charge >= 0.3 is 11.7 Å². The van der Waals surface area contributed by atoms with Crippen LogP contribution >= 0.6 is 11.3 Å². The van der Waals surface area contributed by atoms with Crippen molar-refractivity contribution in [3.05, 3.63) is 46.9 Å². The standard InChI is InChI=1S/C12H8N4O3S/c13-16-10(9-6-20-12(15-9)14-7-17)11(18)19-8-4-2-1-3-5-8/h1-7H,(H,14,15,17). The monoisotopic (exact) mass is 288 g/mol. The van der Waals surface area contributed by atoms with Crippen molar-refractivity contribution in [3.63, 3.8) is 0 Å². The Labute approximate surface area is 117 Å². The smallest absolute Gasteiger partial charge is 0.418 e. The molecular weight excluding hydrogens is 280 g/mol. The van der Waals surface area contributed by atoms with E-state index < -0.39 is 5.97 Å². The summed E-state index contributed by atoms with van der Waals surface area (Å²) in [5.41, 5.74) is 8.70. The minimum absolute atomic E-state index is 0.114. The highest BCUT2D eigenvalue weighted by atomic mass is 32.1. The first kappa shape index (κ1) is 13.6. The molecule has 0 aliphatic rings. The SMILES string of the molecule is [N-]=[N+]=C(C(=O)Oc1ccccc1)c1csc(NC=O)n1. The van der Waals surface area contributed by atoms with E-state index in [0.717, 1.165) is 11.3 Å². The van der Waals surface area contributed by atoms with Crippen LogP contribution in [-0.4, -0.2) is 27.9 Å². The van der Waals surface area contributed by atoms with Gasteiger partial charge < -0.3 is 15.6 Å². The summed E-state index contributed by atoms with van der Waals surface area (Å²) in [4.78, 5) is 29.0. The van der Waals surface area contributed by atoms with Crippen LogP contribution < -0.4 is 10.1 Å². The molecule has 8 heteroatoms. The summed E-state index contributed by atoms with van der Waals surface area (Å²) in [6.45, 7) is 0. The number of anilines is 1. The number of carbonyl (C=O) groups is 2. The first-order valence-corrected chi connectivity index (χ1v) is 6.28. The zero-order chi connectivity index (χ0) is 14.4. The van der Waals surface area contributed by atoms with E-state index in [9.17, 15) is 9.59 Å². The highest BCUT2D eigenvalue weighted by Gasteiger charge is 2.28. The van der Waals surface area contributed by atoms with Gasteiger partial charge in [-0.15, -0.1) is 11.3 Å². The van der Waals surface area contributed by atoms with E-state index >= 15 is 0 Å². The topological polar surface area (TPSA) is 105 Å². The third-order valence-corrected chi connectivity index (χ3v) is 2.95. The highest BCUT2D eigenvalue weighted by molar-refractivity contribution is 7.14. The van der Waals surface area contributed by atoms with E-state index in [4.69, 9.17) is 10.3 Å². The molecule has 0 atom stereocenters. The molecule has 0 aliphatic heterocycles. The Balaban J connectivity index is 2.17. The number of rotatable bonds is 5. The molecule has 2 rings (SSSR count). The van der Waals surface area contributed by atoms with E-state index in [-0.39, 0.29) is 16.5 Å². The van der Waals surface area contributed by atoms with Gasteiger partial charge in [-0.2, -0.15) is 4.79 Å². The molecule has 2 aromatic rings. The Bertz CT molecular complexity index is 677. The molecule has 0 spiro atoms. The fourth-order valence-electron chi connectivity index (χ4n) is 1.34. The van der Waals surface area contributed by atoms with Crippen molar-refractivity contribution in [1.29, 1.82) is 0 Å². The van der Waals surface area contributed by atoms with Gasteiger partial charge in [0.2, 0.25) is 6.41 Å². The van der Waals surface area contributed by atoms with Crippen LogP contribution in [0.25, 0.3) is 5.53 Å². The van der Waals surface area contributed by atoms with Gasteiger partial charge in [-0.05, 0) is 12.1 Å². The zero-order valence-electron chi connectivity index (χ0n) is 10.0. The quantitative estimate of drug-likeness (QED) is 0.224. The zero-order valence-corrected chi connectivity index (χ0v) is 10.8. The Kier molecular flexibility index (Phi) is 4.33. The lowest BCUT2D eigenvalue weighted by Gasteiger charge is -1.99. The summed E-state index contributed by atoms with van der Waals surface area (Å²) < 4.78 is 5.04. The van der Waals surface area contributed by atoms with Crippen LogP contribution in [0.5, 0.6) is 5.75 Å². The number of nitrogens with zero attached hydrogens (tertiary/aromatic N) is 3. The third-order valence-electron chi connectivity index (χ3n) is 2.18. The fraction of sp³-hybridized carbons (Fsp3) is 0. The molecule has 20 heavy (non-hydrogen) atoms. The molecule has 0 saturated carbocycles. The number of esters is 1. The normalized spacial score (nSPS) is 9.40. The summed E-state index contributed by atoms with van der Waals surface area (Å²) >= 11 is 1.09. The summed E-state index contributed by atoms with van der Waals surface area (Å²) in [6, 6.07) is 8.36. The molecule has 0 radical (unpaired) electrons. The lowest BCUT2D eigenvalue weighted by molar-refractivity contribution is -0.131. The van der Waals surface area contributed by atoms with Crippen molar-refractivity contribution in [3.8, 4) is 5.75 Å². The van der Waals surface area contributed by atoms with E-state index in [1.54, 1.807) is 30.3 Å².